The van der Waals surface area contributed by atoms with Gasteiger partial charge >= 0.3 is 5.97 Å². The van der Waals surface area contributed by atoms with Crippen molar-refractivity contribution in [1.82, 2.24) is 0 Å². The second kappa shape index (κ2) is 12.3. The maximum Gasteiger partial charge on any atom is 0.336 e. The van der Waals surface area contributed by atoms with Crippen LogP contribution in [0.2, 0.25) is 0 Å². The van der Waals surface area contributed by atoms with Crippen LogP contribution in [0.1, 0.15) is 82.6 Å². The van der Waals surface area contributed by atoms with Crippen molar-refractivity contribution in [2.75, 3.05) is 10.6 Å². The third kappa shape index (κ3) is 6.43. The molecule has 2 amide bonds. The van der Waals surface area contributed by atoms with Crippen molar-refractivity contribution in [3.05, 3.63) is 118 Å². The Morgan fingerprint density at radius 3 is 2.33 bits per heavy atom. The number of carbonyl (C=O) groups excluding carboxylic acids is 2. The van der Waals surface area contributed by atoms with E-state index in [0.717, 1.165) is 22.4 Å². The third-order valence-electron chi connectivity index (χ3n) is 8.36. The van der Waals surface area contributed by atoms with Gasteiger partial charge in [0.05, 0.1) is 11.6 Å². The van der Waals surface area contributed by atoms with Crippen LogP contribution >= 0.6 is 0 Å². The molecule has 1 aliphatic rings. The first-order valence-electron chi connectivity index (χ1n) is 14.8. The summed E-state index contributed by atoms with van der Waals surface area (Å²) >= 11 is 0. The smallest absolute Gasteiger partial charge is 0.336 e. The molecule has 0 bridgehead atoms. The summed E-state index contributed by atoms with van der Waals surface area (Å²) in [5.41, 5.74) is 16.8. The standard InChI is InChI=1S/C36H37N5O4/c1-20(2)13-32(42)40-26-15-23(27-11-9-22(34(39)43)17-28(27)35(44)45)14-24(16-26)31-19-36(3,25-7-5-4-6-8-25)29-18-21(33(37)38)10-12-30(29)41-31/h4-12,14-18,20,31,41H,13,19H2,1-3H3,(H3,37,38)(H2,39,43)(H,40,42)(H,44,45)/t31-,36+/m0/s1. The summed E-state index contributed by atoms with van der Waals surface area (Å²) in [6.45, 7) is 6.09. The Balaban J connectivity index is 1.68. The molecular weight excluding hydrogens is 566 g/mol. The number of hydrogen-bond acceptors (Lipinski definition) is 5. The highest BCUT2D eigenvalue weighted by atomic mass is 16.4. The summed E-state index contributed by atoms with van der Waals surface area (Å²) in [7, 11) is 0. The van der Waals surface area contributed by atoms with Gasteiger partial charge in [-0.05, 0) is 88.7 Å². The molecular formula is C36H37N5O4. The van der Waals surface area contributed by atoms with Crippen LogP contribution < -0.4 is 22.1 Å². The number of nitrogens with two attached hydrogens (primary N) is 2. The first-order chi connectivity index (χ1) is 21.4. The van der Waals surface area contributed by atoms with E-state index in [0.29, 0.717) is 35.2 Å². The Bertz CT molecular complexity index is 1820. The molecule has 1 heterocycles. The molecule has 9 heteroatoms. The predicted molar refractivity (Wildman–Crippen MR) is 177 cm³/mol. The number of aromatic carboxylic acids is 1. The summed E-state index contributed by atoms with van der Waals surface area (Å²) in [4.78, 5) is 37.1. The average Bonchev–Trinajstić information content (AvgIpc) is 3.00. The molecule has 4 aromatic rings. The summed E-state index contributed by atoms with van der Waals surface area (Å²) in [5, 5.41) is 24.8. The quantitative estimate of drug-likeness (QED) is 0.0970. The monoisotopic (exact) mass is 603 g/mol. The number of carboxylic acids is 1. The van der Waals surface area contributed by atoms with Crippen molar-refractivity contribution in [2.24, 2.45) is 17.4 Å². The number of primary amides is 1. The summed E-state index contributed by atoms with van der Waals surface area (Å²) < 4.78 is 0. The maximum absolute atomic E-state index is 12.9. The van der Waals surface area contributed by atoms with E-state index in [4.69, 9.17) is 16.9 Å². The summed E-state index contributed by atoms with van der Waals surface area (Å²) in [6.07, 6.45) is 0.938. The number of nitrogen functional groups attached to an aromatic ring is 1. The maximum atomic E-state index is 12.9. The molecule has 2 atom stereocenters. The fourth-order valence-corrected chi connectivity index (χ4v) is 6.12. The topological polar surface area (TPSA) is 171 Å². The molecule has 4 aromatic carbocycles. The first kappa shape index (κ1) is 31.0. The lowest BCUT2D eigenvalue weighted by Crippen LogP contribution is -2.35. The molecule has 0 radical (unpaired) electrons. The number of benzene rings is 4. The van der Waals surface area contributed by atoms with Crippen molar-refractivity contribution in [1.29, 1.82) is 5.41 Å². The molecule has 9 nitrogen and oxygen atoms in total. The molecule has 0 fully saturated rings. The van der Waals surface area contributed by atoms with Gasteiger partial charge in [-0.1, -0.05) is 57.2 Å². The second-order valence-corrected chi connectivity index (χ2v) is 12.2. The van der Waals surface area contributed by atoms with Gasteiger partial charge in [0.25, 0.3) is 0 Å². The first-order valence-corrected chi connectivity index (χ1v) is 14.8. The Labute approximate surface area is 262 Å². The molecule has 8 N–H and O–H groups in total. The fourth-order valence-electron chi connectivity index (χ4n) is 6.12. The van der Waals surface area contributed by atoms with Crippen LogP contribution in [0.4, 0.5) is 11.4 Å². The zero-order chi connectivity index (χ0) is 32.5. The van der Waals surface area contributed by atoms with Crippen LogP contribution in [0.5, 0.6) is 0 Å². The van der Waals surface area contributed by atoms with Gasteiger partial charge in [-0.25, -0.2) is 4.79 Å². The number of carbonyl (C=O) groups is 3. The minimum Gasteiger partial charge on any atom is -0.478 e. The normalized spacial score (nSPS) is 17.2. The number of anilines is 2. The molecule has 230 valence electrons. The number of fused-ring (bicyclic) bond motifs is 1. The number of hydrogen-bond donors (Lipinski definition) is 6. The molecule has 0 spiro atoms. The van der Waals surface area contributed by atoms with Crippen LogP contribution in [0.15, 0.2) is 84.9 Å². The van der Waals surface area contributed by atoms with Gasteiger partial charge in [0.2, 0.25) is 11.8 Å². The van der Waals surface area contributed by atoms with Crippen LogP contribution in [0, 0.1) is 11.3 Å². The van der Waals surface area contributed by atoms with Gasteiger partial charge in [0.15, 0.2) is 0 Å². The van der Waals surface area contributed by atoms with Gasteiger partial charge < -0.3 is 27.2 Å². The van der Waals surface area contributed by atoms with E-state index < -0.39 is 17.3 Å². The van der Waals surface area contributed by atoms with Gasteiger partial charge in [-0.3, -0.25) is 15.0 Å². The van der Waals surface area contributed by atoms with Crippen LogP contribution in [-0.2, 0) is 10.2 Å². The molecule has 0 unspecified atom stereocenters. The Hall–Kier alpha value is -5.44. The van der Waals surface area contributed by atoms with E-state index in [1.165, 1.54) is 12.1 Å². The van der Waals surface area contributed by atoms with Gasteiger partial charge in [0, 0.05) is 34.3 Å². The minimum absolute atomic E-state index is 0.0126. The van der Waals surface area contributed by atoms with Crippen molar-refractivity contribution >= 4 is 35.0 Å². The van der Waals surface area contributed by atoms with Crippen molar-refractivity contribution in [3.8, 4) is 11.1 Å². The summed E-state index contributed by atoms with van der Waals surface area (Å²) in [6, 6.07) is 25.5. The van der Waals surface area contributed by atoms with E-state index in [-0.39, 0.29) is 34.8 Å². The molecule has 1 aliphatic heterocycles. The molecule has 0 aromatic heterocycles. The number of nitrogens with one attached hydrogen (secondary N) is 3. The van der Waals surface area contributed by atoms with Crippen molar-refractivity contribution in [2.45, 2.75) is 45.1 Å². The van der Waals surface area contributed by atoms with Gasteiger partial charge in [-0.2, -0.15) is 0 Å². The number of amides is 2. The van der Waals surface area contributed by atoms with Crippen LogP contribution in [-0.4, -0.2) is 28.7 Å². The van der Waals surface area contributed by atoms with Gasteiger partial charge in [-0.15, -0.1) is 0 Å². The SMILES string of the molecule is CC(C)CC(=O)Nc1cc(-c2ccc(C(N)=O)cc2C(=O)O)cc([C@@H]2C[C@](C)(c3ccccc3)c3cc(C(=N)N)ccc3N2)c1. The largest absolute Gasteiger partial charge is 0.478 e. The van der Waals surface area contributed by atoms with Gasteiger partial charge in [0.1, 0.15) is 5.84 Å². The fraction of sp³-hybridized carbons (Fsp3) is 0.222. The highest BCUT2D eigenvalue weighted by Crippen LogP contribution is 2.49. The van der Waals surface area contributed by atoms with E-state index in [9.17, 15) is 19.5 Å². The highest BCUT2D eigenvalue weighted by Gasteiger charge is 2.39. The van der Waals surface area contributed by atoms with Crippen molar-refractivity contribution < 1.29 is 19.5 Å². The Kier molecular flexibility index (Phi) is 8.46. The molecule has 0 aliphatic carbocycles. The zero-order valence-corrected chi connectivity index (χ0v) is 25.5. The number of carboxylic acid groups (broad SMARTS) is 1. The van der Waals surface area contributed by atoms with E-state index in [2.05, 4.69) is 29.7 Å². The van der Waals surface area contributed by atoms with E-state index in [1.54, 1.807) is 12.1 Å². The second-order valence-electron chi connectivity index (χ2n) is 12.2. The Morgan fingerprint density at radius 1 is 0.978 bits per heavy atom. The highest BCUT2D eigenvalue weighted by molar-refractivity contribution is 6.02. The number of amidine groups is 1. The average molecular weight is 604 g/mol. The zero-order valence-electron chi connectivity index (χ0n) is 25.5. The predicted octanol–water partition coefficient (Wildman–Crippen LogP) is 6.28. The van der Waals surface area contributed by atoms with E-state index in [1.807, 2.05) is 62.4 Å². The van der Waals surface area contributed by atoms with Crippen molar-refractivity contribution in [3.63, 3.8) is 0 Å². The lowest BCUT2D eigenvalue weighted by Gasteiger charge is -2.42. The Morgan fingerprint density at radius 2 is 1.69 bits per heavy atom. The molecule has 5 rings (SSSR count). The summed E-state index contributed by atoms with van der Waals surface area (Å²) in [5.74, 6) is -1.94. The minimum atomic E-state index is -1.20. The molecule has 0 saturated carbocycles. The lowest BCUT2D eigenvalue weighted by atomic mass is 9.68. The lowest BCUT2D eigenvalue weighted by molar-refractivity contribution is -0.116. The van der Waals surface area contributed by atoms with Crippen LogP contribution in [0.3, 0.4) is 0 Å². The number of rotatable bonds is 9. The molecule has 0 saturated heterocycles. The third-order valence-corrected chi connectivity index (χ3v) is 8.36. The molecule has 45 heavy (non-hydrogen) atoms. The van der Waals surface area contributed by atoms with Crippen LogP contribution in [0.25, 0.3) is 11.1 Å². The van der Waals surface area contributed by atoms with E-state index >= 15 is 0 Å².